The number of nitrogens with two attached hydrogens (primary N) is 1. The van der Waals surface area contributed by atoms with Crippen LogP contribution in [-0.4, -0.2) is 15.0 Å². The molecule has 21 heavy (non-hydrogen) atoms. The maximum absolute atomic E-state index is 13.1. The van der Waals surface area contributed by atoms with Gasteiger partial charge in [0.15, 0.2) is 0 Å². The summed E-state index contributed by atoms with van der Waals surface area (Å²) >= 11 is 0. The van der Waals surface area contributed by atoms with Crippen LogP contribution in [0.25, 0.3) is 0 Å². The molecule has 4 nitrogen and oxygen atoms in total. The average Bonchev–Trinajstić information content (AvgIpc) is 2.45. The molecular formula is C15H13FN2O2S. The highest BCUT2D eigenvalue weighted by Crippen LogP contribution is 2.17. The molecule has 0 aliphatic carbocycles. The van der Waals surface area contributed by atoms with Crippen molar-refractivity contribution in [3.8, 4) is 11.8 Å². The van der Waals surface area contributed by atoms with E-state index in [1.165, 1.54) is 30.3 Å². The minimum Gasteiger partial charge on any atom is -0.320 e. The van der Waals surface area contributed by atoms with E-state index >= 15 is 0 Å². The van der Waals surface area contributed by atoms with Crippen molar-refractivity contribution in [2.24, 2.45) is 5.73 Å². The van der Waals surface area contributed by atoms with E-state index in [4.69, 9.17) is 5.73 Å². The third-order valence-electron chi connectivity index (χ3n) is 2.58. The van der Waals surface area contributed by atoms with E-state index in [1.54, 1.807) is 12.1 Å². The fraction of sp³-hybridized carbons (Fsp3) is 0.0667. The van der Waals surface area contributed by atoms with Crippen LogP contribution in [0.5, 0.6) is 0 Å². The summed E-state index contributed by atoms with van der Waals surface area (Å²) in [5, 5.41) is 0. The summed E-state index contributed by atoms with van der Waals surface area (Å²) in [5.74, 6) is 4.97. The number of rotatable bonds is 3. The third kappa shape index (κ3) is 4.05. The minimum absolute atomic E-state index is 0.0741. The molecule has 0 saturated heterocycles. The SMILES string of the molecule is NCC#Cc1ccc(S(=O)(=O)Nc2cccc(F)c2)cc1. The zero-order valence-electron chi connectivity index (χ0n) is 11.0. The van der Waals surface area contributed by atoms with Crippen molar-refractivity contribution in [1.82, 2.24) is 0 Å². The number of sulfonamides is 1. The monoisotopic (exact) mass is 304 g/mol. The molecule has 0 bridgehead atoms. The second-order valence-corrected chi connectivity index (χ2v) is 5.83. The lowest BCUT2D eigenvalue weighted by molar-refractivity contribution is 0.601. The topological polar surface area (TPSA) is 72.2 Å². The van der Waals surface area contributed by atoms with Crippen LogP contribution < -0.4 is 10.5 Å². The number of nitrogens with one attached hydrogen (secondary N) is 1. The Bertz CT molecular complexity index is 790. The lowest BCUT2D eigenvalue weighted by Gasteiger charge is -2.08. The molecule has 0 heterocycles. The van der Waals surface area contributed by atoms with Crippen LogP contribution in [0.15, 0.2) is 53.4 Å². The van der Waals surface area contributed by atoms with Gasteiger partial charge in [0.25, 0.3) is 10.0 Å². The maximum atomic E-state index is 13.1. The molecule has 2 aromatic rings. The smallest absolute Gasteiger partial charge is 0.261 e. The molecule has 0 spiro atoms. The largest absolute Gasteiger partial charge is 0.320 e. The summed E-state index contributed by atoms with van der Waals surface area (Å²) in [4.78, 5) is 0.0741. The Hall–Kier alpha value is -2.36. The predicted octanol–water partition coefficient (Wildman–Crippen LogP) is 1.94. The van der Waals surface area contributed by atoms with E-state index in [9.17, 15) is 12.8 Å². The maximum Gasteiger partial charge on any atom is 0.261 e. The summed E-state index contributed by atoms with van der Waals surface area (Å²) in [7, 11) is -3.76. The lowest BCUT2D eigenvalue weighted by atomic mass is 10.2. The normalized spacial score (nSPS) is 10.6. The minimum atomic E-state index is -3.76. The molecule has 0 radical (unpaired) electrons. The van der Waals surface area contributed by atoms with Crippen LogP contribution >= 0.6 is 0 Å². The Kier molecular flexibility index (Phi) is 4.58. The molecule has 0 amide bonds. The van der Waals surface area contributed by atoms with Crippen LogP contribution in [0, 0.1) is 17.7 Å². The van der Waals surface area contributed by atoms with Crippen LogP contribution in [0.3, 0.4) is 0 Å². The lowest BCUT2D eigenvalue weighted by Crippen LogP contribution is -2.12. The van der Waals surface area contributed by atoms with Crippen LogP contribution in [0.1, 0.15) is 5.56 Å². The van der Waals surface area contributed by atoms with Crippen molar-refractivity contribution in [3.63, 3.8) is 0 Å². The summed E-state index contributed by atoms with van der Waals surface area (Å²) in [5.41, 5.74) is 6.10. The molecule has 0 aromatic heterocycles. The zero-order valence-corrected chi connectivity index (χ0v) is 11.8. The molecule has 0 aliphatic heterocycles. The van der Waals surface area contributed by atoms with Crippen molar-refractivity contribution >= 4 is 15.7 Å². The van der Waals surface area contributed by atoms with E-state index in [0.29, 0.717) is 5.56 Å². The van der Waals surface area contributed by atoms with Gasteiger partial charge < -0.3 is 5.73 Å². The molecule has 6 heteroatoms. The van der Waals surface area contributed by atoms with Gasteiger partial charge in [-0.15, -0.1) is 0 Å². The zero-order chi connectivity index (χ0) is 15.3. The van der Waals surface area contributed by atoms with E-state index in [2.05, 4.69) is 16.6 Å². The average molecular weight is 304 g/mol. The fourth-order valence-electron chi connectivity index (χ4n) is 1.64. The van der Waals surface area contributed by atoms with Crippen molar-refractivity contribution in [2.45, 2.75) is 4.90 Å². The summed E-state index contributed by atoms with van der Waals surface area (Å²) < 4.78 is 39.7. The van der Waals surface area contributed by atoms with E-state index in [0.717, 1.165) is 6.07 Å². The number of hydrogen-bond donors (Lipinski definition) is 2. The third-order valence-corrected chi connectivity index (χ3v) is 3.97. The summed E-state index contributed by atoms with van der Waals surface area (Å²) in [6, 6.07) is 11.3. The van der Waals surface area contributed by atoms with Crippen LogP contribution in [0.4, 0.5) is 10.1 Å². The van der Waals surface area contributed by atoms with Gasteiger partial charge in [-0.3, -0.25) is 4.72 Å². The standard InChI is InChI=1S/C15H13FN2O2S/c16-13-4-1-5-14(11-13)18-21(19,20)15-8-6-12(7-9-15)3-2-10-17/h1,4-9,11,18H,10,17H2. The highest BCUT2D eigenvalue weighted by molar-refractivity contribution is 7.92. The van der Waals surface area contributed by atoms with Gasteiger partial charge in [0.05, 0.1) is 17.1 Å². The molecule has 0 unspecified atom stereocenters. The van der Waals surface area contributed by atoms with Gasteiger partial charge in [-0.2, -0.15) is 0 Å². The molecular weight excluding hydrogens is 291 g/mol. The Balaban J connectivity index is 2.23. The highest BCUT2D eigenvalue weighted by atomic mass is 32.2. The van der Waals surface area contributed by atoms with Gasteiger partial charge in [0.1, 0.15) is 5.82 Å². The quantitative estimate of drug-likeness (QED) is 0.851. The van der Waals surface area contributed by atoms with Crippen molar-refractivity contribution < 1.29 is 12.8 Å². The molecule has 0 fully saturated rings. The Labute approximate surface area is 122 Å². The molecule has 0 saturated carbocycles. The molecule has 3 N–H and O–H groups in total. The molecule has 0 atom stereocenters. The van der Waals surface area contributed by atoms with Crippen molar-refractivity contribution in [2.75, 3.05) is 11.3 Å². The van der Waals surface area contributed by atoms with E-state index < -0.39 is 15.8 Å². The number of hydrogen-bond acceptors (Lipinski definition) is 3. The number of halogens is 1. The van der Waals surface area contributed by atoms with Gasteiger partial charge in [0, 0.05) is 5.56 Å². The first-order valence-corrected chi connectivity index (χ1v) is 7.57. The van der Waals surface area contributed by atoms with E-state index in [-0.39, 0.29) is 17.1 Å². The molecule has 2 aromatic carbocycles. The van der Waals surface area contributed by atoms with Gasteiger partial charge in [-0.1, -0.05) is 17.9 Å². The summed E-state index contributed by atoms with van der Waals surface area (Å²) in [6.07, 6.45) is 0. The predicted molar refractivity (Wildman–Crippen MR) is 79.6 cm³/mol. The Morgan fingerprint density at radius 1 is 1.14 bits per heavy atom. The van der Waals surface area contributed by atoms with E-state index in [1.807, 2.05) is 0 Å². The number of anilines is 1. The van der Waals surface area contributed by atoms with Crippen molar-refractivity contribution in [3.05, 3.63) is 59.9 Å². The van der Waals surface area contributed by atoms with Gasteiger partial charge in [-0.05, 0) is 42.5 Å². The molecule has 0 aliphatic rings. The summed E-state index contributed by atoms with van der Waals surface area (Å²) in [6.45, 7) is 0.237. The fourth-order valence-corrected chi connectivity index (χ4v) is 2.69. The first-order chi connectivity index (χ1) is 10.0. The molecule has 108 valence electrons. The van der Waals surface area contributed by atoms with Gasteiger partial charge in [-0.25, -0.2) is 12.8 Å². The van der Waals surface area contributed by atoms with Crippen LogP contribution in [-0.2, 0) is 10.0 Å². The van der Waals surface area contributed by atoms with Crippen molar-refractivity contribution in [1.29, 1.82) is 0 Å². The van der Waals surface area contributed by atoms with Gasteiger partial charge >= 0.3 is 0 Å². The van der Waals surface area contributed by atoms with Gasteiger partial charge in [0.2, 0.25) is 0 Å². The Morgan fingerprint density at radius 2 is 1.86 bits per heavy atom. The van der Waals surface area contributed by atoms with Crippen LogP contribution in [0.2, 0.25) is 0 Å². The number of benzene rings is 2. The second-order valence-electron chi connectivity index (χ2n) is 4.15. The Morgan fingerprint density at radius 3 is 2.48 bits per heavy atom. The first-order valence-electron chi connectivity index (χ1n) is 6.09. The molecule has 2 rings (SSSR count). The highest BCUT2D eigenvalue weighted by Gasteiger charge is 2.14. The second kappa shape index (κ2) is 6.39. The first kappa shape index (κ1) is 15.0.